The Balaban J connectivity index is 1.92. The molecular formula is C11H17ClN2O5S3. The molecule has 7 nitrogen and oxygen atoms in total. The summed E-state index contributed by atoms with van der Waals surface area (Å²) in [5.41, 5.74) is 0. The highest BCUT2D eigenvalue weighted by atomic mass is 35.5. The summed E-state index contributed by atoms with van der Waals surface area (Å²) in [7, 11) is -7.24. The molecule has 0 aliphatic carbocycles. The van der Waals surface area contributed by atoms with Crippen molar-refractivity contribution in [3.8, 4) is 0 Å². The summed E-state index contributed by atoms with van der Waals surface area (Å²) in [6, 6.07) is 2.86. The summed E-state index contributed by atoms with van der Waals surface area (Å²) in [6.45, 7) is 2.53. The van der Waals surface area contributed by atoms with E-state index in [9.17, 15) is 16.8 Å². The second-order valence-corrected chi connectivity index (χ2v) is 10.6. The van der Waals surface area contributed by atoms with Crippen molar-refractivity contribution < 1.29 is 21.6 Å². The summed E-state index contributed by atoms with van der Waals surface area (Å²) in [6.07, 6.45) is -0.159. The molecule has 1 aliphatic rings. The molecule has 2 heterocycles. The molecule has 11 heteroatoms. The Morgan fingerprint density at radius 2 is 2.14 bits per heavy atom. The topological polar surface area (TPSA) is 92.8 Å². The van der Waals surface area contributed by atoms with E-state index < -0.39 is 20.0 Å². The molecule has 1 N–H and O–H groups in total. The van der Waals surface area contributed by atoms with E-state index in [1.165, 1.54) is 16.4 Å². The molecule has 126 valence electrons. The van der Waals surface area contributed by atoms with Crippen LogP contribution in [0.5, 0.6) is 0 Å². The molecule has 1 aromatic heterocycles. The maximum Gasteiger partial charge on any atom is 0.250 e. The molecule has 1 unspecified atom stereocenters. The van der Waals surface area contributed by atoms with Crippen molar-refractivity contribution >= 4 is 43.0 Å². The van der Waals surface area contributed by atoms with Crippen molar-refractivity contribution in [3.05, 3.63) is 16.5 Å². The van der Waals surface area contributed by atoms with Gasteiger partial charge in [-0.3, -0.25) is 0 Å². The largest absolute Gasteiger partial charge is 0.376 e. The molecule has 1 aromatic rings. The highest BCUT2D eigenvalue weighted by molar-refractivity contribution is 7.92. The number of nitrogens with one attached hydrogen (secondary N) is 1. The summed E-state index contributed by atoms with van der Waals surface area (Å²) < 4.78 is 57.6. The maximum absolute atomic E-state index is 12.2. The van der Waals surface area contributed by atoms with Crippen LogP contribution < -0.4 is 4.72 Å². The minimum Gasteiger partial charge on any atom is -0.376 e. The van der Waals surface area contributed by atoms with Crippen LogP contribution in [0.2, 0.25) is 4.34 Å². The molecule has 0 spiro atoms. The molecule has 0 aromatic carbocycles. The fourth-order valence-electron chi connectivity index (χ4n) is 1.99. The van der Waals surface area contributed by atoms with Gasteiger partial charge in [-0.15, -0.1) is 11.3 Å². The van der Waals surface area contributed by atoms with E-state index in [4.69, 9.17) is 16.3 Å². The van der Waals surface area contributed by atoms with Gasteiger partial charge in [0.05, 0.1) is 22.8 Å². The van der Waals surface area contributed by atoms with E-state index >= 15 is 0 Å². The molecule has 0 amide bonds. The lowest BCUT2D eigenvalue weighted by atomic mass is 10.3. The fraction of sp³-hybridized carbons (Fsp3) is 0.636. The monoisotopic (exact) mass is 388 g/mol. The lowest BCUT2D eigenvalue weighted by Gasteiger charge is -2.30. The van der Waals surface area contributed by atoms with Crippen LogP contribution in [-0.2, 0) is 24.8 Å². The van der Waals surface area contributed by atoms with Gasteiger partial charge in [0, 0.05) is 19.6 Å². The van der Waals surface area contributed by atoms with Gasteiger partial charge in [-0.2, -0.15) is 4.31 Å². The minimum absolute atomic E-state index is 0.0647. The first-order valence-electron chi connectivity index (χ1n) is 6.55. The Labute approximate surface area is 139 Å². The highest BCUT2D eigenvalue weighted by Gasteiger charge is 2.27. The SMILES string of the molecule is CC1CN(S(=O)(=O)CCNS(=O)(=O)c2ccc(Cl)s2)CCO1. The van der Waals surface area contributed by atoms with E-state index in [0.717, 1.165) is 11.3 Å². The van der Waals surface area contributed by atoms with Gasteiger partial charge in [-0.1, -0.05) is 11.6 Å². The van der Waals surface area contributed by atoms with Crippen LogP contribution in [0.25, 0.3) is 0 Å². The van der Waals surface area contributed by atoms with Gasteiger partial charge in [-0.25, -0.2) is 21.6 Å². The molecule has 0 saturated carbocycles. The first-order chi connectivity index (χ1) is 10.2. The molecule has 1 fully saturated rings. The highest BCUT2D eigenvalue weighted by Crippen LogP contribution is 2.25. The second kappa shape index (κ2) is 7.12. The third-order valence-electron chi connectivity index (χ3n) is 3.06. The molecule has 0 bridgehead atoms. The minimum atomic E-state index is -3.73. The number of halogens is 1. The number of rotatable bonds is 6. The summed E-state index contributed by atoms with van der Waals surface area (Å²) >= 11 is 6.62. The van der Waals surface area contributed by atoms with Crippen LogP contribution in [0.4, 0.5) is 0 Å². The first kappa shape index (κ1) is 18.1. The van der Waals surface area contributed by atoms with E-state index in [-0.39, 0.29) is 29.2 Å². The quantitative estimate of drug-likeness (QED) is 0.775. The van der Waals surface area contributed by atoms with Crippen LogP contribution in [0.1, 0.15) is 6.92 Å². The summed E-state index contributed by atoms with van der Waals surface area (Å²) in [5.74, 6) is -0.294. The predicted molar refractivity (Wildman–Crippen MR) is 85.3 cm³/mol. The van der Waals surface area contributed by atoms with Crippen molar-refractivity contribution in [2.75, 3.05) is 32.0 Å². The standard InChI is InChI=1S/C11H17ClN2O5S3/c1-9-8-14(5-6-19-9)21(15,16)7-4-13-22(17,18)11-3-2-10(12)20-11/h2-3,9,13H,4-8H2,1H3. The van der Waals surface area contributed by atoms with E-state index in [1.807, 2.05) is 0 Å². The molecule has 1 aliphatic heterocycles. The Kier molecular flexibility index (Phi) is 5.86. The second-order valence-electron chi connectivity index (χ2n) is 4.81. The number of morpholine rings is 1. The van der Waals surface area contributed by atoms with Crippen LogP contribution in [0.15, 0.2) is 16.3 Å². The van der Waals surface area contributed by atoms with Gasteiger partial charge in [0.25, 0.3) is 0 Å². The maximum atomic E-state index is 12.2. The number of ether oxygens (including phenoxy) is 1. The fourth-order valence-corrected chi connectivity index (χ4v) is 6.08. The first-order valence-corrected chi connectivity index (χ1v) is 10.8. The average Bonchev–Trinajstić information content (AvgIpc) is 2.86. The average molecular weight is 389 g/mol. The zero-order chi connectivity index (χ0) is 16.4. The van der Waals surface area contributed by atoms with Gasteiger partial charge < -0.3 is 4.74 Å². The van der Waals surface area contributed by atoms with Gasteiger partial charge >= 0.3 is 0 Å². The summed E-state index contributed by atoms with van der Waals surface area (Å²) in [4.78, 5) is 0. The molecule has 22 heavy (non-hydrogen) atoms. The van der Waals surface area contributed by atoms with E-state index in [0.29, 0.717) is 17.5 Å². The zero-order valence-electron chi connectivity index (χ0n) is 11.9. The van der Waals surface area contributed by atoms with Crippen molar-refractivity contribution in [1.29, 1.82) is 0 Å². The Morgan fingerprint density at radius 1 is 1.41 bits per heavy atom. The normalized spacial score (nSPS) is 21.1. The molecule has 1 saturated heterocycles. The molecular weight excluding hydrogens is 372 g/mol. The van der Waals surface area contributed by atoms with Crippen LogP contribution in [0.3, 0.4) is 0 Å². The number of thiophene rings is 1. The van der Waals surface area contributed by atoms with Gasteiger partial charge in [0.15, 0.2) is 0 Å². The number of nitrogens with zero attached hydrogens (tertiary/aromatic N) is 1. The number of sulfonamides is 2. The van der Waals surface area contributed by atoms with Gasteiger partial charge in [-0.05, 0) is 19.1 Å². The third-order valence-corrected chi connectivity index (χ3v) is 8.09. The van der Waals surface area contributed by atoms with Crippen LogP contribution in [-0.4, -0.2) is 59.2 Å². The molecule has 1 atom stereocenters. The Bertz CT molecular complexity index is 716. The zero-order valence-corrected chi connectivity index (χ0v) is 15.1. The lowest BCUT2D eigenvalue weighted by molar-refractivity contribution is 0.0102. The van der Waals surface area contributed by atoms with Crippen molar-refractivity contribution in [2.45, 2.75) is 17.2 Å². The van der Waals surface area contributed by atoms with Gasteiger partial charge in [0.2, 0.25) is 20.0 Å². The number of hydrogen-bond donors (Lipinski definition) is 1. The predicted octanol–water partition coefficient (Wildman–Crippen LogP) is 0.730. The van der Waals surface area contributed by atoms with Crippen LogP contribution in [0, 0.1) is 0 Å². The van der Waals surface area contributed by atoms with E-state index in [1.54, 1.807) is 6.92 Å². The number of hydrogen-bond acceptors (Lipinski definition) is 6. The summed E-state index contributed by atoms with van der Waals surface area (Å²) in [5, 5.41) is 0. The lowest BCUT2D eigenvalue weighted by Crippen LogP contribution is -2.46. The van der Waals surface area contributed by atoms with Crippen LogP contribution >= 0.6 is 22.9 Å². The van der Waals surface area contributed by atoms with Crippen molar-refractivity contribution in [3.63, 3.8) is 0 Å². The molecule has 2 rings (SSSR count). The van der Waals surface area contributed by atoms with Crippen molar-refractivity contribution in [2.24, 2.45) is 0 Å². The third kappa shape index (κ3) is 4.63. The van der Waals surface area contributed by atoms with Crippen molar-refractivity contribution in [1.82, 2.24) is 9.03 Å². The molecule has 0 radical (unpaired) electrons. The van der Waals surface area contributed by atoms with Gasteiger partial charge in [0.1, 0.15) is 4.21 Å². The van der Waals surface area contributed by atoms with E-state index in [2.05, 4.69) is 4.72 Å². The Hall–Kier alpha value is -0.230. The Morgan fingerprint density at radius 3 is 2.73 bits per heavy atom. The smallest absolute Gasteiger partial charge is 0.250 e.